The van der Waals surface area contributed by atoms with Crippen molar-refractivity contribution in [1.29, 1.82) is 5.26 Å². The van der Waals surface area contributed by atoms with Gasteiger partial charge in [-0.2, -0.15) is 18.4 Å². The van der Waals surface area contributed by atoms with Gasteiger partial charge in [-0.05, 0) is 72.4 Å². The van der Waals surface area contributed by atoms with Crippen LogP contribution in [0.2, 0.25) is 0 Å². The van der Waals surface area contributed by atoms with Crippen LogP contribution >= 0.6 is 0 Å². The molecule has 1 saturated carbocycles. The second-order valence-corrected chi connectivity index (χ2v) is 12.0. The minimum Gasteiger partial charge on any atom is -0.341 e. The van der Waals surface area contributed by atoms with Crippen LogP contribution in [0.15, 0.2) is 60.7 Å². The van der Waals surface area contributed by atoms with Crippen LogP contribution in [-0.2, 0) is 11.6 Å². The molecule has 1 aromatic heterocycles. The first-order valence-corrected chi connectivity index (χ1v) is 14.6. The molecule has 43 heavy (non-hydrogen) atoms. The van der Waals surface area contributed by atoms with Gasteiger partial charge in [0, 0.05) is 32.2 Å². The first-order chi connectivity index (χ1) is 20.6. The molecule has 0 radical (unpaired) electrons. The zero-order valence-corrected chi connectivity index (χ0v) is 23.3. The number of aromatic amines is 1. The van der Waals surface area contributed by atoms with Gasteiger partial charge in [-0.1, -0.05) is 36.4 Å². The summed E-state index contributed by atoms with van der Waals surface area (Å²) in [5, 5.41) is 9.31. The predicted molar refractivity (Wildman–Crippen MR) is 152 cm³/mol. The molecule has 220 valence electrons. The lowest BCUT2D eigenvalue weighted by molar-refractivity contribution is -0.139. The Hall–Kier alpha value is -4.39. The summed E-state index contributed by atoms with van der Waals surface area (Å²) >= 11 is 0. The van der Waals surface area contributed by atoms with Gasteiger partial charge in [0.15, 0.2) is 0 Å². The second kappa shape index (κ2) is 9.83. The molecular formula is C33H29F4N5O. The maximum Gasteiger partial charge on any atom is 0.419 e. The van der Waals surface area contributed by atoms with Gasteiger partial charge in [-0.3, -0.25) is 0 Å². The van der Waals surface area contributed by atoms with Gasteiger partial charge in [-0.25, -0.2) is 14.2 Å². The topological polar surface area (TPSA) is 76.0 Å². The summed E-state index contributed by atoms with van der Waals surface area (Å²) in [5.41, 5.74) is 1.42. The number of piperidine rings is 1. The molecule has 10 heteroatoms. The second-order valence-electron chi connectivity index (χ2n) is 12.0. The van der Waals surface area contributed by atoms with E-state index in [0.717, 1.165) is 67.6 Å². The number of hydrogen-bond donors (Lipinski definition) is 1. The van der Waals surface area contributed by atoms with Crippen LogP contribution in [0.1, 0.15) is 54.6 Å². The normalized spacial score (nSPS) is 21.4. The highest BCUT2D eigenvalue weighted by Crippen LogP contribution is 2.72. The van der Waals surface area contributed by atoms with Crippen molar-refractivity contribution >= 4 is 17.1 Å². The fourth-order valence-electron chi connectivity index (χ4n) is 7.35. The molecule has 3 heterocycles. The Balaban J connectivity index is 1.26. The summed E-state index contributed by atoms with van der Waals surface area (Å²) in [5.74, 6) is -0.838. The monoisotopic (exact) mass is 587 g/mol. The van der Waals surface area contributed by atoms with Crippen molar-refractivity contribution in [1.82, 2.24) is 19.8 Å². The summed E-state index contributed by atoms with van der Waals surface area (Å²) in [6.45, 7) is 2.74. The summed E-state index contributed by atoms with van der Waals surface area (Å²) in [6.07, 6.45) is -0.632. The Morgan fingerprint density at radius 2 is 1.63 bits per heavy atom. The number of alkyl halides is 3. The van der Waals surface area contributed by atoms with Gasteiger partial charge in [0.1, 0.15) is 11.6 Å². The highest BCUT2D eigenvalue weighted by molar-refractivity contribution is 5.78. The molecule has 3 aromatic carbocycles. The molecular weight excluding hydrogens is 558 g/mol. The molecule has 0 bridgehead atoms. The van der Waals surface area contributed by atoms with E-state index in [-0.39, 0.29) is 22.5 Å². The number of H-pyrrole nitrogens is 1. The molecule has 1 spiro atoms. The molecule has 2 saturated heterocycles. The SMILES string of the molecule is N#Cc1cccc(-c2ccc(C3(c4nc5cc(F)c(C(F)(F)F)cc5[nH]4)CC34CCN(C(=O)N3CCCC3)CC4)cc2)c1. The molecule has 1 unspecified atom stereocenters. The van der Waals surface area contributed by atoms with Gasteiger partial charge in [-0.15, -0.1) is 0 Å². The first-order valence-electron chi connectivity index (χ1n) is 14.6. The predicted octanol–water partition coefficient (Wildman–Crippen LogP) is 7.25. The molecule has 1 atom stereocenters. The summed E-state index contributed by atoms with van der Waals surface area (Å²) in [4.78, 5) is 24.8. The third-order valence-corrected chi connectivity index (χ3v) is 9.73. The molecule has 1 aliphatic carbocycles. The Morgan fingerprint density at radius 3 is 2.30 bits per heavy atom. The summed E-state index contributed by atoms with van der Waals surface area (Å²) in [7, 11) is 0. The molecule has 1 N–H and O–H groups in total. The van der Waals surface area contributed by atoms with E-state index < -0.39 is 23.0 Å². The van der Waals surface area contributed by atoms with E-state index in [1.54, 1.807) is 6.07 Å². The van der Waals surface area contributed by atoms with Gasteiger partial charge in [0.2, 0.25) is 0 Å². The van der Waals surface area contributed by atoms with Gasteiger partial charge >= 0.3 is 12.2 Å². The van der Waals surface area contributed by atoms with E-state index in [0.29, 0.717) is 30.9 Å². The van der Waals surface area contributed by atoms with Crippen molar-refractivity contribution in [2.45, 2.75) is 43.7 Å². The number of carbonyl (C=O) groups excluding carboxylic acids is 1. The average molecular weight is 588 g/mol. The lowest BCUT2D eigenvalue weighted by Crippen LogP contribution is -2.47. The number of urea groups is 1. The molecule has 6 nitrogen and oxygen atoms in total. The van der Waals surface area contributed by atoms with Crippen LogP contribution in [0.4, 0.5) is 22.4 Å². The number of imidazole rings is 1. The van der Waals surface area contributed by atoms with E-state index in [2.05, 4.69) is 16.0 Å². The van der Waals surface area contributed by atoms with Crippen molar-refractivity contribution in [2.75, 3.05) is 26.2 Å². The fourth-order valence-corrected chi connectivity index (χ4v) is 7.35. The molecule has 3 aliphatic rings. The number of aromatic nitrogens is 2. The van der Waals surface area contributed by atoms with Crippen LogP contribution in [0.25, 0.3) is 22.2 Å². The van der Waals surface area contributed by atoms with Crippen molar-refractivity contribution in [2.24, 2.45) is 5.41 Å². The van der Waals surface area contributed by atoms with Crippen LogP contribution in [0.5, 0.6) is 0 Å². The minimum absolute atomic E-state index is 0.0708. The number of nitrogens with zero attached hydrogens (tertiary/aromatic N) is 4. The molecule has 2 amide bonds. The maximum absolute atomic E-state index is 14.5. The number of carbonyl (C=O) groups is 1. The fraction of sp³-hybridized carbons (Fsp3) is 0.364. The summed E-state index contributed by atoms with van der Waals surface area (Å²) < 4.78 is 55.0. The maximum atomic E-state index is 14.5. The third-order valence-electron chi connectivity index (χ3n) is 9.73. The number of nitriles is 1. The van der Waals surface area contributed by atoms with Crippen LogP contribution in [0.3, 0.4) is 0 Å². The van der Waals surface area contributed by atoms with Crippen LogP contribution in [-0.4, -0.2) is 52.0 Å². The Kier molecular flexibility index (Phi) is 6.27. The number of halogens is 4. The number of amides is 2. The van der Waals surface area contributed by atoms with Crippen LogP contribution in [0, 0.1) is 22.6 Å². The van der Waals surface area contributed by atoms with Gasteiger partial charge < -0.3 is 14.8 Å². The van der Waals surface area contributed by atoms with E-state index in [1.165, 1.54) is 0 Å². The Bertz CT molecular complexity index is 1760. The summed E-state index contributed by atoms with van der Waals surface area (Å²) in [6, 6.07) is 19.2. The lowest BCUT2D eigenvalue weighted by atomic mass is 9.79. The third kappa shape index (κ3) is 4.44. The highest BCUT2D eigenvalue weighted by Gasteiger charge is 2.70. The van der Waals surface area contributed by atoms with Gasteiger partial charge in [0.05, 0.1) is 33.6 Å². The number of nitrogens with one attached hydrogen (secondary N) is 1. The largest absolute Gasteiger partial charge is 0.419 e. The van der Waals surface area contributed by atoms with Crippen molar-refractivity contribution in [3.8, 4) is 17.2 Å². The highest BCUT2D eigenvalue weighted by atomic mass is 19.4. The smallest absolute Gasteiger partial charge is 0.341 e. The van der Waals surface area contributed by atoms with E-state index in [1.807, 2.05) is 52.3 Å². The molecule has 7 rings (SSSR count). The van der Waals surface area contributed by atoms with E-state index >= 15 is 0 Å². The number of likely N-dealkylation sites (tertiary alicyclic amines) is 2. The quantitative estimate of drug-likeness (QED) is 0.257. The Morgan fingerprint density at radius 1 is 0.930 bits per heavy atom. The van der Waals surface area contributed by atoms with Crippen LogP contribution < -0.4 is 0 Å². The first kappa shape index (κ1) is 27.4. The van der Waals surface area contributed by atoms with E-state index in [9.17, 15) is 27.6 Å². The van der Waals surface area contributed by atoms with Gasteiger partial charge in [0.25, 0.3) is 0 Å². The zero-order chi connectivity index (χ0) is 30.0. The number of benzene rings is 3. The molecule has 4 aromatic rings. The van der Waals surface area contributed by atoms with Crippen molar-refractivity contribution in [3.05, 3.63) is 89.0 Å². The number of rotatable bonds is 3. The zero-order valence-electron chi connectivity index (χ0n) is 23.3. The standard InChI is InChI=1S/C33H29F4N5O/c34-26-18-28-27(17-25(26)33(35,36)37)39-29(40-28)32(24-8-6-22(7-9-24)23-5-3-4-21(16-23)19-38)20-31(32)10-14-42(15-11-31)30(43)41-12-1-2-13-41/h3-9,16-18H,1-2,10-15,20H2,(H,39,40). The van der Waals surface area contributed by atoms with Crippen molar-refractivity contribution in [3.63, 3.8) is 0 Å². The van der Waals surface area contributed by atoms with E-state index in [4.69, 9.17) is 0 Å². The molecule has 3 fully saturated rings. The lowest BCUT2D eigenvalue weighted by Gasteiger charge is -2.37. The van der Waals surface area contributed by atoms with Crippen molar-refractivity contribution < 1.29 is 22.4 Å². The number of hydrogen-bond acceptors (Lipinski definition) is 3. The molecule has 2 aliphatic heterocycles. The average Bonchev–Trinajstić information content (AvgIpc) is 3.35. The minimum atomic E-state index is -4.82. The number of fused-ring (bicyclic) bond motifs is 1. The Labute approximate surface area is 245 Å².